The number of benzene rings is 1. The Kier molecular flexibility index (Phi) is 5.80. The molecule has 10 heteroatoms. The van der Waals surface area contributed by atoms with Crippen molar-refractivity contribution in [2.45, 2.75) is 28.9 Å². The number of amides is 1. The Hall–Kier alpha value is -1.58. The van der Waals surface area contributed by atoms with Crippen LogP contribution in [0.2, 0.25) is 5.02 Å². The van der Waals surface area contributed by atoms with Crippen LogP contribution in [-0.2, 0) is 16.9 Å². The molecule has 2 aromatic rings. The number of aromatic nitrogens is 3. The van der Waals surface area contributed by atoms with Crippen molar-refractivity contribution in [2.75, 3.05) is 18.2 Å². The Balaban J connectivity index is 2.56. The standard InChI is InChI=1S/C15H19ClN4O3S2/c1-9(2)24-13-11(25(5,22)23)7-6-10(12(13)16)14(21)19(3)15-17-8-18-20(15)4/h6-9H,1-5H3. The highest BCUT2D eigenvalue weighted by atomic mass is 35.5. The van der Waals surface area contributed by atoms with Gasteiger partial charge in [-0.25, -0.2) is 13.1 Å². The summed E-state index contributed by atoms with van der Waals surface area (Å²) in [5.74, 6) is -0.0434. The van der Waals surface area contributed by atoms with Gasteiger partial charge >= 0.3 is 0 Å². The number of thioether (sulfide) groups is 1. The molecule has 0 saturated carbocycles. The van der Waals surface area contributed by atoms with Crippen LogP contribution >= 0.6 is 23.4 Å². The summed E-state index contributed by atoms with van der Waals surface area (Å²) in [5, 5.41) is 4.16. The van der Waals surface area contributed by atoms with Gasteiger partial charge < -0.3 is 0 Å². The SMILES string of the molecule is CC(C)Sc1c(S(C)(=O)=O)ccc(C(=O)N(C)c2ncnn2C)c1Cl. The fourth-order valence-electron chi connectivity index (χ4n) is 2.21. The number of sulfone groups is 1. The first-order chi connectivity index (χ1) is 11.5. The van der Waals surface area contributed by atoms with Gasteiger partial charge in [0.15, 0.2) is 9.84 Å². The Labute approximate surface area is 156 Å². The van der Waals surface area contributed by atoms with Crippen LogP contribution < -0.4 is 4.90 Å². The van der Waals surface area contributed by atoms with Gasteiger partial charge in [-0.1, -0.05) is 25.4 Å². The van der Waals surface area contributed by atoms with E-state index in [9.17, 15) is 13.2 Å². The predicted molar refractivity (Wildman–Crippen MR) is 99.3 cm³/mol. The van der Waals surface area contributed by atoms with Crippen LogP contribution in [0.15, 0.2) is 28.3 Å². The maximum absolute atomic E-state index is 12.8. The van der Waals surface area contributed by atoms with E-state index in [1.54, 1.807) is 14.1 Å². The Morgan fingerprint density at radius 1 is 1.36 bits per heavy atom. The highest BCUT2D eigenvalue weighted by Crippen LogP contribution is 2.38. The molecule has 0 bridgehead atoms. The van der Waals surface area contributed by atoms with E-state index < -0.39 is 15.7 Å². The third-order valence-corrected chi connectivity index (χ3v) is 6.24. The molecule has 25 heavy (non-hydrogen) atoms. The number of nitrogens with zero attached hydrogens (tertiary/aromatic N) is 4. The van der Waals surface area contributed by atoms with Crippen LogP contribution in [0.5, 0.6) is 0 Å². The molecule has 2 rings (SSSR count). The van der Waals surface area contributed by atoms with Crippen molar-refractivity contribution >= 4 is 45.1 Å². The number of hydrogen-bond donors (Lipinski definition) is 0. The van der Waals surface area contributed by atoms with E-state index in [4.69, 9.17) is 11.6 Å². The van der Waals surface area contributed by atoms with Crippen molar-refractivity contribution in [1.29, 1.82) is 0 Å². The van der Waals surface area contributed by atoms with Gasteiger partial charge in [0.2, 0.25) is 5.95 Å². The fraction of sp³-hybridized carbons (Fsp3) is 0.400. The summed E-state index contributed by atoms with van der Waals surface area (Å²) in [6.45, 7) is 3.85. The number of hydrogen-bond acceptors (Lipinski definition) is 6. The minimum Gasteiger partial charge on any atom is -0.280 e. The average molecular weight is 403 g/mol. The Morgan fingerprint density at radius 3 is 2.48 bits per heavy atom. The zero-order valence-corrected chi connectivity index (χ0v) is 16.9. The molecule has 0 saturated heterocycles. The lowest BCUT2D eigenvalue weighted by Gasteiger charge is -2.19. The van der Waals surface area contributed by atoms with E-state index in [1.807, 2.05) is 13.8 Å². The van der Waals surface area contributed by atoms with Gasteiger partial charge in [0.05, 0.1) is 15.5 Å². The number of anilines is 1. The minimum atomic E-state index is -3.47. The molecule has 1 aromatic heterocycles. The van der Waals surface area contributed by atoms with Crippen LogP contribution in [0.25, 0.3) is 0 Å². The van der Waals surface area contributed by atoms with Gasteiger partial charge in [-0.15, -0.1) is 11.8 Å². The highest BCUT2D eigenvalue weighted by molar-refractivity contribution is 8.00. The molecule has 0 spiro atoms. The number of halogens is 1. The molecule has 0 radical (unpaired) electrons. The number of carbonyl (C=O) groups is 1. The largest absolute Gasteiger partial charge is 0.280 e. The predicted octanol–water partition coefficient (Wildman–Crippen LogP) is 2.65. The second-order valence-corrected chi connectivity index (χ2v) is 9.69. The fourth-order valence-corrected chi connectivity index (χ4v) is 4.86. The van der Waals surface area contributed by atoms with E-state index >= 15 is 0 Å². The first-order valence-electron chi connectivity index (χ1n) is 7.35. The van der Waals surface area contributed by atoms with Crippen LogP contribution in [0.1, 0.15) is 24.2 Å². The topological polar surface area (TPSA) is 85.2 Å². The lowest BCUT2D eigenvalue weighted by molar-refractivity contribution is 0.0990. The quantitative estimate of drug-likeness (QED) is 0.714. The summed E-state index contributed by atoms with van der Waals surface area (Å²) < 4.78 is 25.5. The number of aryl methyl sites for hydroxylation is 1. The van der Waals surface area contributed by atoms with Gasteiger partial charge in [0, 0.05) is 30.5 Å². The summed E-state index contributed by atoms with van der Waals surface area (Å²) in [6.07, 6.45) is 2.46. The van der Waals surface area contributed by atoms with Crippen molar-refractivity contribution in [3.8, 4) is 0 Å². The first-order valence-corrected chi connectivity index (χ1v) is 10.5. The van der Waals surface area contributed by atoms with Crippen LogP contribution in [0, 0.1) is 0 Å². The molecular weight excluding hydrogens is 384 g/mol. The molecule has 1 aromatic carbocycles. The second kappa shape index (κ2) is 7.35. The maximum Gasteiger partial charge on any atom is 0.261 e. The molecule has 136 valence electrons. The van der Waals surface area contributed by atoms with E-state index in [0.29, 0.717) is 10.8 Å². The Morgan fingerprint density at radius 2 is 2.00 bits per heavy atom. The molecule has 1 heterocycles. The van der Waals surface area contributed by atoms with Gasteiger partial charge in [-0.05, 0) is 12.1 Å². The summed E-state index contributed by atoms with van der Waals surface area (Å²) >= 11 is 7.74. The smallest absolute Gasteiger partial charge is 0.261 e. The first kappa shape index (κ1) is 19.7. The molecular formula is C15H19ClN4O3S2. The molecule has 7 nitrogen and oxygen atoms in total. The zero-order chi connectivity index (χ0) is 18.9. The van der Waals surface area contributed by atoms with Crippen LogP contribution in [0.3, 0.4) is 0 Å². The minimum absolute atomic E-state index is 0.0971. The zero-order valence-electron chi connectivity index (χ0n) is 14.5. The van der Waals surface area contributed by atoms with E-state index in [2.05, 4.69) is 10.1 Å². The number of rotatable bonds is 5. The third kappa shape index (κ3) is 4.16. The van der Waals surface area contributed by atoms with E-state index in [-0.39, 0.29) is 20.7 Å². The lowest BCUT2D eigenvalue weighted by atomic mass is 10.2. The molecule has 0 aliphatic heterocycles. The molecule has 0 N–H and O–H groups in total. The average Bonchev–Trinajstić information content (AvgIpc) is 2.92. The lowest BCUT2D eigenvalue weighted by Crippen LogP contribution is -2.29. The van der Waals surface area contributed by atoms with Crippen LogP contribution in [0.4, 0.5) is 5.95 Å². The molecule has 0 aliphatic carbocycles. The summed E-state index contributed by atoms with van der Waals surface area (Å²) in [7, 11) is -0.246. The van der Waals surface area contributed by atoms with Gasteiger partial charge in [0.25, 0.3) is 5.91 Å². The molecule has 0 aliphatic rings. The summed E-state index contributed by atoms with van der Waals surface area (Å²) in [4.78, 5) is 18.7. The third-order valence-electron chi connectivity index (χ3n) is 3.34. The van der Waals surface area contributed by atoms with Crippen molar-refractivity contribution in [3.05, 3.63) is 29.0 Å². The van der Waals surface area contributed by atoms with Crippen molar-refractivity contribution < 1.29 is 13.2 Å². The molecule has 0 fully saturated rings. The van der Waals surface area contributed by atoms with Gasteiger partial charge in [0.1, 0.15) is 6.33 Å². The summed E-state index contributed by atoms with van der Waals surface area (Å²) in [6, 6.07) is 2.85. The van der Waals surface area contributed by atoms with Crippen molar-refractivity contribution in [1.82, 2.24) is 14.8 Å². The van der Waals surface area contributed by atoms with Crippen molar-refractivity contribution in [2.24, 2.45) is 7.05 Å². The molecule has 0 atom stereocenters. The maximum atomic E-state index is 12.8. The molecule has 0 unspecified atom stereocenters. The summed E-state index contributed by atoms with van der Waals surface area (Å²) in [5.41, 5.74) is 0.211. The van der Waals surface area contributed by atoms with Gasteiger partial charge in [-0.2, -0.15) is 10.1 Å². The van der Waals surface area contributed by atoms with Crippen molar-refractivity contribution in [3.63, 3.8) is 0 Å². The van der Waals surface area contributed by atoms with E-state index in [0.717, 1.165) is 6.26 Å². The van der Waals surface area contributed by atoms with Gasteiger partial charge in [-0.3, -0.25) is 9.69 Å². The van der Waals surface area contributed by atoms with E-state index in [1.165, 1.54) is 39.8 Å². The Bertz CT molecular complexity index is 909. The highest BCUT2D eigenvalue weighted by Gasteiger charge is 2.26. The molecule has 1 amide bonds. The number of carbonyl (C=O) groups excluding carboxylic acids is 1. The monoisotopic (exact) mass is 402 g/mol. The van der Waals surface area contributed by atoms with Crippen LogP contribution in [-0.4, -0.2) is 47.6 Å². The second-order valence-electron chi connectivity index (χ2n) is 5.74. The normalized spacial score (nSPS) is 11.8.